The van der Waals surface area contributed by atoms with E-state index in [0.717, 1.165) is 0 Å². The fraction of sp³-hybridized carbons (Fsp3) is 0.333. The van der Waals surface area contributed by atoms with Crippen LogP contribution in [0.2, 0.25) is 0 Å². The van der Waals surface area contributed by atoms with Crippen LogP contribution < -0.4 is 25.5 Å². The van der Waals surface area contributed by atoms with Crippen molar-refractivity contribution in [3.8, 4) is 0 Å². The van der Waals surface area contributed by atoms with Gasteiger partial charge in [-0.1, -0.05) is 138 Å². The minimum atomic E-state index is 0.0215. The molecule has 0 radical (unpaired) electrons. The lowest BCUT2D eigenvalue weighted by Crippen LogP contribution is -2.60. The van der Waals surface area contributed by atoms with Gasteiger partial charge in [-0.2, -0.15) is 0 Å². The van der Waals surface area contributed by atoms with E-state index >= 15 is 0 Å². The number of benzene rings is 5. The van der Waals surface area contributed by atoms with Crippen molar-refractivity contribution >= 4 is 78.0 Å². The molecule has 0 unspecified atom stereocenters. The molecule has 2 aliphatic rings. The normalized spacial score (nSPS) is 14.4. The Bertz CT molecular complexity index is 2340. The monoisotopic (exact) mass is 700 g/mol. The highest BCUT2D eigenvalue weighted by atomic mass is 32.1. The largest absolute Gasteiger partial charge is 0.311 e. The lowest BCUT2D eigenvalue weighted by Gasteiger charge is -2.43. The van der Waals surface area contributed by atoms with Gasteiger partial charge in [-0.15, -0.1) is 11.3 Å². The Hall–Kier alpha value is -4.28. The summed E-state index contributed by atoms with van der Waals surface area (Å²) in [5.74, 6) is 0. The first kappa shape index (κ1) is 34.8. The van der Waals surface area contributed by atoms with E-state index in [-0.39, 0.29) is 28.4 Å². The fourth-order valence-electron chi connectivity index (χ4n) is 8.12. The van der Waals surface area contributed by atoms with Crippen LogP contribution in [0.5, 0.6) is 0 Å². The standard InChI is InChI=1S/C48H53BN2S/c1-45(2,3)30-16-22-34(23-17-30)50-38-14-13-15-39-42(38)49(37-27-21-32(28-40(37)50)47(7,8)9)44-43(36-26-20-33(48(10,11)12)29-41(36)52-44)51(39)35-24-18-31(19-25-35)46(4,5)6/h13-29H,1-12H3. The van der Waals surface area contributed by atoms with Crippen LogP contribution >= 0.6 is 11.3 Å². The molecule has 0 spiro atoms. The van der Waals surface area contributed by atoms with Crippen molar-refractivity contribution in [3.63, 3.8) is 0 Å². The van der Waals surface area contributed by atoms with Crippen molar-refractivity contribution in [1.82, 2.24) is 0 Å². The predicted molar refractivity (Wildman–Crippen MR) is 231 cm³/mol. The molecule has 6 aromatic rings. The summed E-state index contributed by atoms with van der Waals surface area (Å²) in [5.41, 5.74) is 16.0. The fourth-order valence-corrected chi connectivity index (χ4v) is 9.47. The molecule has 2 aliphatic heterocycles. The summed E-state index contributed by atoms with van der Waals surface area (Å²) in [6.45, 7) is 27.8. The molecule has 0 aliphatic carbocycles. The van der Waals surface area contributed by atoms with Crippen molar-refractivity contribution in [2.75, 3.05) is 9.80 Å². The molecule has 0 N–H and O–H groups in total. The second kappa shape index (κ2) is 11.6. The van der Waals surface area contributed by atoms with E-state index in [1.54, 1.807) is 0 Å². The Balaban J connectivity index is 1.44. The molecule has 4 heteroatoms. The number of thiophene rings is 1. The first-order chi connectivity index (χ1) is 24.3. The molecule has 5 aromatic carbocycles. The molecule has 0 atom stereocenters. The highest BCUT2D eigenvalue weighted by Crippen LogP contribution is 2.49. The summed E-state index contributed by atoms with van der Waals surface area (Å²) in [6, 6.07) is 40.1. The van der Waals surface area contributed by atoms with Crippen molar-refractivity contribution in [3.05, 3.63) is 125 Å². The van der Waals surface area contributed by atoms with Gasteiger partial charge in [-0.25, -0.2) is 0 Å². The van der Waals surface area contributed by atoms with Gasteiger partial charge in [0.15, 0.2) is 0 Å². The molecule has 0 saturated carbocycles. The Labute approximate surface area is 316 Å². The third-order valence-electron chi connectivity index (χ3n) is 11.3. The molecule has 0 saturated heterocycles. The Kier molecular flexibility index (Phi) is 7.77. The first-order valence-corrected chi connectivity index (χ1v) is 19.8. The SMILES string of the molecule is CC(C)(C)c1ccc(N2c3cc(C(C)(C)C)ccc3B3c4sc5cc(C(C)(C)C)ccc5c4N(c4ccc(C(C)(C)C)cc4)c4cccc2c43)cc1. The zero-order valence-corrected chi connectivity index (χ0v) is 34.0. The van der Waals surface area contributed by atoms with Gasteiger partial charge >= 0.3 is 0 Å². The van der Waals surface area contributed by atoms with Crippen LogP contribution in [0.1, 0.15) is 105 Å². The van der Waals surface area contributed by atoms with Crippen LogP contribution in [-0.4, -0.2) is 6.71 Å². The van der Waals surface area contributed by atoms with Gasteiger partial charge in [0, 0.05) is 43.3 Å². The molecule has 0 fully saturated rings. The van der Waals surface area contributed by atoms with Gasteiger partial charge in [-0.05, 0) is 103 Å². The predicted octanol–water partition coefficient (Wildman–Crippen LogP) is 12.2. The molecule has 3 heterocycles. The molecule has 264 valence electrons. The highest BCUT2D eigenvalue weighted by molar-refractivity contribution is 7.33. The summed E-state index contributed by atoms with van der Waals surface area (Å²) in [5, 5.41) is 1.33. The molecule has 0 amide bonds. The average Bonchev–Trinajstić information content (AvgIpc) is 3.45. The molecule has 2 nitrogen and oxygen atoms in total. The number of hydrogen-bond donors (Lipinski definition) is 0. The summed E-state index contributed by atoms with van der Waals surface area (Å²) in [7, 11) is 0. The van der Waals surface area contributed by atoms with E-state index in [2.05, 4.69) is 196 Å². The summed E-state index contributed by atoms with van der Waals surface area (Å²) < 4.78 is 2.78. The van der Waals surface area contributed by atoms with E-state index in [0.29, 0.717) is 0 Å². The lowest BCUT2D eigenvalue weighted by molar-refractivity contribution is 0.590. The summed E-state index contributed by atoms with van der Waals surface area (Å²) in [4.78, 5) is 5.12. The maximum atomic E-state index is 2.57. The minimum absolute atomic E-state index is 0.0215. The van der Waals surface area contributed by atoms with E-state index < -0.39 is 0 Å². The maximum Gasteiger partial charge on any atom is 0.264 e. The number of nitrogens with zero attached hydrogens (tertiary/aromatic N) is 2. The third kappa shape index (κ3) is 5.61. The molecular weight excluding hydrogens is 647 g/mol. The lowest BCUT2D eigenvalue weighted by atomic mass is 9.36. The number of hydrogen-bond acceptors (Lipinski definition) is 3. The third-order valence-corrected chi connectivity index (χ3v) is 12.5. The second-order valence-corrected chi connectivity index (χ2v) is 20.3. The van der Waals surface area contributed by atoms with Crippen LogP contribution in [0.15, 0.2) is 103 Å². The van der Waals surface area contributed by atoms with Crippen LogP contribution in [0, 0.1) is 0 Å². The van der Waals surface area contributed by atoms with E-state index in [1.807, 2.05) is 11.3 Å². The average molecular weight is 701 g/mol. The molecule has 8 rings (SSSR count). The topological polar surface area (TPSA) is 6.48 Å². The Morgan fingerprint density at radius 3 is 1.46 bits per heavy atom. The Morgan fingerprint density at radius 2 is 0.923 bits per heavy atom. The van der Waals surface area contributed by atoms with Crippen LogP contribution in [0.4, 0.5) is 34.1 Å². The van der Waals surface area contributed by atoms with Crippen molar-refractivity contribution in [1.29, 1.82) is 0 Å². The van der Waals surface area contributed by atoms with Gasteiger partial charge in [0.1, 0.15) is 0 Å². The number of fused-ring (bicyclic) bond motifs is 6. The first-order valence-electron chi connectivity index (χ1n) is 19.0. The van der Waals surface area contributed by atoms with Crippen molar-refractivity contribution in [2.45, 2.75) is 105 Å². The zero-order chi connectivity index (χ0) is 37.1. The molecule has 0 bridgehead atoms. The number of rotatable bonds is 2. The zero-order valence-electron chi connectivity index (χ0n) is 33.2. The van der Waals surface area contributed by atoms with Crippen LogP contribution in [0.3, 0.4) is 0 Å². The Morgan fingerprint density at radius 1 is 0.462 bits per heavy atom. The van der Waals surface area contributed by atoms with Gasteiger partial charge in [0.25, 0.3) is 6.71 Å². The number of anilines is 6. The smallest absolute Gasteiger partial charge is 0.264 e. The molecule has 1 aromatic heterocycles. The summed E-state index contributed by atoms with van der Waals surface area (Å²) in [6.07, 6.45) is 0. The van der Waals surface area contributed by atoms with Crippen LogP contribution in [0.25, 0.3) is 10.1 Å². The van der Waals surface area contributed by atoms with Gasteiger partial charge in [0.2, 0.25) is 0 Å². The maximum absolute atomic E-state index is 2.57. The minimum Gasteiger partial charge on any atom is -0.311 e. The van der Waals surface area contributed by atoms with E-state index in [4.69, 9.17) is 0 Å². The van der Waals surface area contributed by atoms with Crippen LogP contribution in [-0.2, 0) is 21.7 Å². The van der Waals surface area contributed by atoms with Gasteiger partial charge in [0.05, 0.1) is 5.69 Å². The highest BCUT2D eigenvalue weighted by Gasteiger charge is 2.45. The van der Waals surface area contributed by atoms with E-state index in [9.17, 15) is 0 Å². The van der Waals surface area contributed by atoms with Gasteiger partial charge in [-0.3, -0.25) is 0 Å². The molecule has 52 heavy (non-hydrogen) atoms. The summed E-state index contributed by atoms with van der Waals surface area (Å²) >= 11 is 1.99. The van der Waals surface area contributed by atoms with Crippen molar-refractivity contribution < 1.29 is 0 Å². The van der Waals surface area contributed by atoms with Crippen molar-refractivity contribution in [2.24, 2.45) is 0 Å². The molecular formula is C48H53BN2S. The van der Waals surface area contributed by atoms with Gasteiger partial charge < -0.3 is 9.80 Å². The van der Waals surface area contributed by atoms with E-state index in [1.165, 1.54) is 82.2 Å². The quantitative estimate of drug-likeness (QED) is 0.166. The second-order valence-electron chi connectivity index (χ2n) is 19.2.